The molecule has 2 aliphatic carbocycles. The molecular formula is C16H19NO3. The highest BCUT2D eigenvalue weighted by atomic mass is 16.4. The molecule has 1 amide bonds. The number of fused-ring (bicyclic) bond motifs is 1. The Balaban J connectivity index is 1.63. The van der Waals surface area contributed by atoms with Crippen molar-refractivity contribution in [2.24, 2.45) is 11.8 Å². The smallest absolute Gasteiger partial charge is 0.308 e. The van der Waals surface area contributed by atoms with Crippen LogP contribution in [0.5, 0.6) is 0 Å². The van der Waals surface area contributed by atoms with E-state index in [0.29, 0.717) is 6.42 Å². The van der Waals surface area contributed by atoms with Crippen LogP contribution in [0.25, 0.3) is 0 Å². The predicted octanol–water partition coefficient (Wildman–Crippen LogP) is 1.77. The lowest BCUT2D eigenvalue weighted by Gasteiger charge is -2.20. The monoisotopic (exact) mass is 273 g/mol. The van der Waals surface area contributed by atoms with E-state index < -0.39 is 11.9 Å². The van der Waals surface area contributed by atoms with Gasteiger partial charge in [-0.15, -0.1) is 0 Å². The van der Waals surface area contributed by atoms with Crippen LogP contribution in [0.15, 0.2) is 24.3 Å². The fraction of sp³-hybridized carbons (Fsp3) is 0.500. The number of hydrogen-bond donors (Lipinski definition) is 2. The number of nitrogens with one attached hydrogen (secondary N) is 1. The van der Waals surface area contributed by atoms with Gasteiger partial charge in [-0.05, 0) is 36.8 Å². The van der Waals surface area contributed by atoms with Crippen molar-refractivity contribution in [3.63, 3.8) is 0 Å². The van der Waals surface area contributed by atoms with Crippen molar-refractivity contribution in [1.29, 1.82) is 0 Å². The van der Waals surface area contributed by atoms with E-state index in [1.807, 2.05) is 12.1 Å². The zero-order chi connectivity index (χ0) is 14.1. The van der Waals surface area contributed by atoms with E-state index in [2.05, 4.69) is 17.4 Å². The summed E-state index contributed by atoms with van der Waals surface area (Å²) in [6.45, 7) is 0. The largest absolute Gasteiger partial charge is 0.481 e. The molecule has 0 bridgehead atoms. The van der Waals surface area contributed by atoms with Gasteiger partial charge < -0.3 is 10.4 Å². The summed E-state index contributed by atoms with van der Waals surface area (Å²) in [5.41, 5.74) is 2.49. The first-order chi connectivity index (χ1) is 9.65. The third kappa shape index (κ3) is 2.42. The van der Waals surface area contributed by atoms with E-state index in [1.54, 1.807) is 0 Å². The summed E-state index contributed by atoms with van der Waals surface area (Å²) in [7, 11) is 0. The van der Waals surface area contributed by atoms with E-state index in [-0.39, 0.29) is 17.9 Å². The minimum atomic E-state index is -0.789. The number of carboxylic acids is 1. The number of carbonyl (C=O) groups is 2. The van der Waals surface area contributed by atoms with Crippen LogP contribution in [0.1, 0.15) is 30.4 Å². The lowest BCUT2D eigenvalue weighted by molar-refractivity contribution is -0.142. The lowest BCUT2D eigenvalue weighted by Crippen LogP contribution is -2.43. The summed E-state index contributed by atoms with van der Waals surface area (Å²) in [5, 5.41) is 12.1. The van der Waals surface area contributed by atoms with Gasteiger partial charge in [-0.25, -0.2) is 0 Å². The van der Waals surface area contributed by atoms with Crippen LogP contribution in [0.4, 0.5) is 0 Å². The number of hydrogen-bond acceptors (Lipinski definition) is 2. The van der Waals surface area contributed by atoms with Gasteiger partial charge in [0, 0.05) is 12.0 Å². The maximum Gasteiger partial charge on any atom is 0.308 e. The third-order valence-electron chi connectivity index (χ3n) is 4.58. The van der Waals surface area contributed by atoms with Gasteiger partial charge in [0.05, 0.1) is 5.92 Å². The molecule has 0 radical (unpaired) electrons. The molecule has 2 N–H and O–H groups in total. The number of benzene rings is 1. The van der Waals surface area contributed by atoms with Crippen LogP contribution in [-0.4, -0.2) is 23.0 Å². The van der Waals surface area contributed by atoms with Crippen molar-refractivity contribution >= 4 is 11.9 Å². The second-order valence-electron chi connectivity index (χ2n) is 5.86. The molecule has 1 fully saturated rings. The molecule has 1 aromatic carbocycles. The second kappa shape index (κ2) is 5.27. The van der Waals surface area contributed by atoms with Crippen LogP contribution in [0.3, 0.4) is 0 Å². The minimum absolute atomic E-state index is 0.0133. The summed E-state index contributed by atoms with van der Waals surface area (Å²) in [6.07, 6.45) is 3.87. The van der Waals surface area contributed by atoms with Crippen molar-refractivity contribution in [1.82, 2.24) is 5.32 Å². The second-order valence-corrected chi connectivity index (χ2v) is 5.86. The standard InChI is InChI=1S/C16H19NO3/c18-15(17-14-7-3-6-13(14)16(19)20)12-8-10-4-1-2-5-11(10)9-12/h1-2,4-5,12-14H,3,6-9H2,(H,17,18)(H,19,20). The lowest BCUT2D eigenvalue weighted by atomic mass is 10.0. The Kier molecular flexibility index (Phi) is 3.47. The van der Waals surface area contributed by atoms with Gasteiger partial charge in [-0.2, -0.15) is 0 Å². The fourth-order valence-electron chi connectivity index (χ4n) is 3.47. The average molecular weight is 273 g/mol. The Morgan fingerprint density at radius 1 is 1.10 bits per heavy atom. The third-order valence-corrected chi connectivity index (χ3v) is 4.58. The molecular weight excluding hydrogens is 254 g/mol. The van der Waals surface area contributed by atoms with Crippen LogP contribution in [0, 0.1) is 11.8 Å². The molecule has 1 saturated carbocycles. The number of aliphatic carboxylic acids is 1. The molecule has 4 nitrogen and oxygen atoms in total. The average Bonchev–Trinajstić information content (AvgIpc) is 3.03. The van der Waals surface area contributed by atoms with Crippen molar-refractivity contribution in [3.05, 3.63) is 35.4 Å². The van der Waals surface area contributed by atoms with Gasteiger partial charge in [0.1, 0.15) is 0 Å². The zero-order valence-electron chi connectivity index (χ0n) is 11.3. The van der Waals surface area contributed by atoms with Crippen molar-refractivity contribution in [3.8, 4) is 0 Å². The molecule has 2 unspecified atom stereocenters. The molecule has 0 saturated heterocycles. The summed E-state index contributed by atoms with van der Waals surface area (Å²) >= 11 is 0. The Hall–Kier alpha value is -1.84. The number of carbonyl (C=O) groups excluding carboxylic acids is 1. The van der Waals surface area contributed by atoms with Crippen molar-refractivity contribution < 1.29 is 14.7 Å². The van der Waals surface area contributed by atoms with E-state index >= 15 is 0 Å². The van der Waals surface area contributed by atoms with Crippen LogP contribution in [-0.2, 0) is 22.4 Å². The molecule has 3 rings (SSSR count). The molecule has 1 aromatic rings. The number of carboxylic acid groups (broad SMARTS) is 1. The first-order valence-electron chi connectivity index (χ1n) is 7.25. The Labute approximate surface area is 118 Å². The quantitative estimate of drug-likeness (QED) is 0.882. The van der Waals surface area contributed by atoms with Gasteiger partial charge >= 0.3 is 5.97 Å². The molecule has 106 valence electrons. The molecule has 0 heterocycles. The predicted molar refractivity (Wildman–Crippen MR) is 74.2 cm³/mol. The SMILES string of the molecule is O=C(NC1CCCC1C(=O)O)C1Cc2ccccc2C1. The topological polar surface area (TPSA) is 66.4 Å². The Morgan fingerprint density at radius 3 is 2.35 bits per heavy atom. The zero-order valence-corrected chi connectivity index (χ0v) is 11.3. The van der Waals surface area contributed by atoms with Gasteiger partial charge in [-0.1, -0.05) is 30.7 Å². The Bertz CT molecular complexity index is 515. The first-order valence-corrected chi connectivity index (χ1v) is 7.25. The summed E-state index contributed by atoms with van der Waals surface area (Å²) in [6, 6.07) is 7.94. The summed E-state index contributed by atoms with van der Waals surface area (Å²) < 4.78 is 0. The Morgan fingerprint density at radius 2 is 1.75 bits per heavy atom. The molecule has 4 heteroatoms. The van der Waals surface area contributed by atoms with Crippen molar-refractivity contribution in [2.45, 2.75) is 38.1 Å². The summed E-state index contributed by atoms with van der Waals surface area (Å²) in [4.78, 5) is 23.5. The maximum absolute atomic E-state index is 12.3. The molecule has 20 heavy (non-hydrogen) atoms. The highest BCUT2D eigenvalue weighted by Gasteiger charge is 2.36. The summed E-state index contributed by atoms with van der Waals surface area (Å²) in [5.74, 6) is -1.23. The normalized spacial score (nSPS) is 25.4. The van der Waals surface area contributed by atoms with Crippen LogP contribution in [0.2, 0.25) is 0 Å². The van der Waals surface area contributed by atoms with Gasteiger partial charge in [0.2, 0.25) is 5.91 Å². The molecule has 0 spiro atoms. The number of rotatable bonds is 3. The van der Waals surface area contributed by atoms with Gasteiger partial charge in [0.15, 0.2) is 0 Å². The van der Waals surface area contributed by atoms with Crippen molar-refractivity contribution in [2.75, 3.05) is 0 Å². The molecule has 0 aromatic heterocycles. The molecule has 0 aliphatic heterocycles. The minimum Gasteiger partial charge on any atom is -0.481 e. The highest BCUT2D eigenvalue weighted by molar-refractivity contribution is 5.81. The molecule has 2 atom stereocenters. The number of amides is 1. The molecule has 2 aliphatic rings. The van der Waals surface area contributed by atoms with Crippen LogP contribution < -0.4 is 5.32 Å². The van der Waals surface area contributed by atoms with E-state index in [1.165, 1.54) is 11.1 Å². The highest BCUT2D eigenvalue weighted by Crippen LogP contribution is 2.29. The maximum atomic E-state index is 12.3. The first kappa shape index (κ1) is 13.2. The van der Waals surface area contributed by atoms with Crippen LogP contribution >= 0.6 is 0 Å². The van der Waals surface area contributed by atoms with Gasteiger partial charge in [-0.3, -0.25) is 9.59 Å². The van der Waals surface area contributed by atoms with E-state index in [0.717, 1.165) is 25.7 Å². The van der Waals surface area contributed by atoms with E-state index in [4.69, 9.17) is 5.11 Å². The fourth-order valence-corrected chi connectivity index (χ4v) is 3.47. The van der Waals surface area contributed by atoms with E-state index in [9.17, 15) is 9.59 Å². The van der Waals surface area contributed by atoms with Gasteiger partial charge in [0.25, 0.3) is 0 Å².